The average molecular weight is 465 g/mol. The first-order chi connectivity index (χ1) is 12.2. The van der Waals surface area contributed by atoms with Crippen molar-refractivity contribution in [1.82, 2.24) is 30.0 Å². The van der Waals surface area contributed by atoms with Gasteiger partial charge in [-0.2, -0.15) is 5.10 Å². The van der Waals surface area contributed by atoms with Crippen LogP contribution in [0.3, 0.4) is 0 Å². The third kappa shape index (κ3) is 5.58. The van der Waals surface area contributed by atoms with E-state index >= 15 is 0 Å². The molecule has 2 heterocycles. The molecule has 0 spiro atoms. The van der Waals surface area contributed by atoms with Crippen molar-refractivity contribution in [2.75, 3.05) is 7.05 Å². The number of aliphatic imine (C=N–C) groups is 1. The van der Waals surface area contributed by atoms with Crippen LogP contribution in [0.4, 0.5) is 0 Å². The first kappa shape index (κ1) is 20.0. The number of guanidine groups is 1. The second kappa shape index (κ2) is 9.95. The zero-order valence-electron chi connectivity index (χ0n) is 15.0. The number of aromatic nitrogens is 4. The summed E-state index contributed by atoms with van der Waals surface area (Å²) in [5.74, 6) is 0.767. The van der Waals surface area contributed by atoms with Gasteiger partial charge >= 0.3 is 0 Å². The van der Waals surface area contributed by atoms with Crippen molar-refractivity contribution in [1.29, 1.82) is 0 Å². The molecule has 0 aliphatic heterocycles. The second-order valence-electron chi connectivity index (χ2n) is 5.78. The van der Waals surface area contributed by atoms with Crippen LogP contribution in [-0.4, -0.2) is 32.3 Å². The van der Waals surface area contributed by atoms with Crippen LogP contribution in [0.15, 0.2) is 60.2 Å². The van der Waals surface area contributed by atoms with Crippen molar-refractivity contribution in [2.24, 2.45) is 12.0 Å². The molecule has 0 atom stereocenters. The number of aryl methyl sites for hydroxylation is 1. The molecule has 2 aromatic heterocycles. The van der Waals surface area contributed by atoms with Crippen molar-refractivity contribution in [3.05, 3.63) is 72.1 Å². The lowest BCUT2D eigenvalue weighted by Gasteiger charge is -2.12. The highest BCUT2D eigenvalue weighted by Gasteiger charge is 2.02. The van der Waals surface area contributed by atoms with Crippen molar-refractivity contribution >= 4 is 29.9 Å². The third-order valence-corrected chi connectivity index (χ3v) is 3.99. The van der Waals surface area contributed by atoms with Gasteiger partial charge in [-0.1, -0.05) is 24.3 Å². The van der Waals surface area contributed by atoms with Crippen LogP contribution in [0.5, 0.6) is 0 Å². The molecule has 0 unspecified atom stereocenters. The van der Waals surface area contributed by atoms with Gasteiger partial charge in [0.15, 0.2) is 5.96 Å². The summed E-state index contributed by atoms with van der Waals surface area (Å²) in [7, 11) is 3.70. The van der Waals surface area contributed by atoms with Gasteiger partial charge in [0.05, 0.1) is 18.6 Å². The third-order valence-electron chi connectivity index (χ3n) is 3.99. The normalized spacial score (nSPS) is 11.1. The highest BCUT2D eigenvalue weighted by atomic mass is 127. The number of imidazole rings is 1. The van der Waals surface area contributed by atoms with E-state index in [4.69, 9.17) is 0 Å². The monoisotopic (exact) mass is 465 g/mol. The number of hydrogen-bond donors (Lipinski definition) is 2. The van der Waals surface area contributed by atoms with Crippen LogP contribution >= 0.6 is 24.0 Å². The first-order valence-electron chi connectivity index (χ1n) is 8.19. The van der Waals surface area contributed by atoms with Crippen LogP contribution in [0.25, 0.3) is 0 Å². The van der Waals surface area contributed by atoms with Crippen LogP contribution in [0.2, 0.25) is 0 Å². The summed E-state index contributed by atoms with van der Waals surface area (Å²) in [6.45, 7) is 2.23. The van der Waals surface area contributed by atoms with Gasteiger partial charge in [0, 0.05) is 45.8 Å². The molecule has 0 amide bonds. The second-order valence-corrected chi connectivity index (χ2v) is 5.78. The molecule has 3 aromatic rings. The maximum Gasteiger partial charge on any atom is 0.191 e. The van der Waals surface area contributed by atoms with Crippen LogP contribution in [-0.2, 0) is 26.7 Å². The van der Waals surface area contributed by atoms with Crippen molar-refractivity contribution in [2.45, 2.75) is 19.6 Å². The molecular formula is C18H24IN7. The number of halogens is 1. The van der Waals surface area contributed by atoms with Gasteiger partial charge < -0.3 is 15.2 Å². The Morgan fingerprint density at radius 2 is 1.77 bits per heavy atom. The Morgan fingerprint density at radius 3 is 2.38 bits per heavy atom. The molecule has 26 heavy (non-hydrogen) atoms. The van der Waals surface area contributed by atoms with Gasteiger partial charge in [0.1, 0.15) is 0 Å². The summed E-state index contributed by atoms with van der Waals surface area (Å²) in [6.07, 6.45) is 7.38. The molecule has 0 saturated carbocycles. The van der Waals surface area contributed by atoms with E-state index < -0.39 is 0 Å². The van der Waals surface area contributed by atoms with E-state index in [-0.39, 0.29) is 24.0 Å². The summed E-state index contributed by atoms with van der Waals surface area (Å²) in [4.78, 5) is 8.32. The smallest absolute Gasteiger partial charge is 0.191 e. The molecule has 0 aliphatic carbocycles. The summed E-state index contributed by atoms with van der Waals surface area (Å²) in [5, 5.41) is 10.8. The number of hydrogen-bond acceptors (Lipinski definition) is 3. The Morgan fingerprint density at radius 1 is 1.04 bits per heavy atom. The van der Waals surface area contributed by atoms with E-state index in [9.17, 15) is 0 Å². The first-order valence-corrected chi connectivity index (χ1v) is 8.19. The Labute approximate surface area is 170 Å². The van der Waals surface area contributed by atoms with Crippen molar-refractivity contribution in [3.8, 4) is 0 Å². The Balaban J connectivity index is 0.00000243. The van der Waals surface area contributed by atoms with Gasteiger partial charge in [-0.05, 0) is 17.2 Å². The molecule has 138 valence electrons. The van der Waals surface area contributed by atoms with Gasteiger partial charge in [-0.25, -0.2) is 4.98 Å². The van der Waals surface area contributed by atoms with E-state index in [1.54, 1.807) is 19.4 Å². The molecule has 0 fully saturated rings. The summed E-state index contributed by atoms with van der Waals surface area (Å²) < 4.78 is 3.90. The summed E-state index contributed by atoms with van der Waals surface area (Å²) in [5.41, 5.74) is 3.56. The molecule has 7 nitrogen and oxygen atoms in total. The van der Waals surface area contributed by atoms with E-state index in [0.717, 1.165) is 24.7 Å². The van der Waals surface area contributed by atoms with Gasteiger partial charge in [-0.15, -0.1) is 24.0 Å². The van der Waals surface area contributed by atoms with Crippen LogP contribution in [0.1, 0.15) is 16.8 Å². The van der Waals surface area contributed by atoms with Crippen molar-refractivity contribution < 1.29 is 0 Å². The quantitative estimate of drug-likeness (QED) is 0.333. The number of nitrogens with one attached hydrogen (secondary N) is 2. The zero-order valence-corrected chi connectivity index (χ0v) is 17.3. The molecule has 2 N–H and O–H groups in total. The molecule has 1 aromatic carbocycles. The van der Waals surface area contributed by atoms with Gasteiger partial charge in [0.2, 0.25) is 0 Å². The van der Waals surface area contributed by atoms with Crippen molar-refractivity contribution in [3.63, 3.8) is 0 Å². The molecular weight excluding hydrogens is 441 g/mol. The summed E-state index contributed by atoms with van der Waals surface area (Å²) >= 11 is 0. The highest BCUT2D eigenvalue weighted by molar-refractivity contribution is 14.0. The lowest BCUT2D eigenvalue weighted by molar-refractivity contribution is 0.684. The highest BCUT2D eigenvalue weighted by Crippen LogP contribution is 2.06. The molecule has 0 radical (unpaired) electrons. The lowest BCUT2D eigenvalue weighted by Crippen LogP contribution is -2.36. The van der Waals surface area contributed by atoms with Crippen LogP contribution < -0.4 is 10.6 Å². The summed E-state index contributed by atoms with van der Waals surface area (Å²) in [6, 6.07) is 10.5. The van der Waals surface area contributed by atoms with E-state index in [1.807, 2.05) is 30.3 Å². The number of nitrogens with zero attached hydrogens (tertiary/aromatic N) is 5. The fraction of sp³-hybridized carbons (Fsp3) is 0.278. The Bertz CT molecular complexity index is 806. The predicted molar refractivity (Wildman–Crippen MR) is 113 cm³/mol. The standard InChI is InChI=1S/C18H23N7.HI/c1-19-18(22-12-17-7-8-23-24(17)2)21-11-15-3-5-16(6-4-15)13-25-10-9-20-14-25;/h3-10,14H,11-13H2,1-2H3,(H2,19,21,22);1H. The maximum atomic E-state index is 4.25. The topological polar surface area (TPSA) is 72.1 Å². The number of benzene rings is 1. The molecule has 0 saturated heterocycles. The Kier molecular flexibility index (Phi) is 7.64. The van der Waals surface area contributed by atoms with Crippen LogP contribution in [0, 0.1) is 0 Å². The molecule has 0 aliphatic rings. The minimum atomic E-state index is 0. The minimum Gasteiger partial charge on any atom is -0.352 e. The maximum absolute atomic E-state index is 4.25. The number of rotatable bonds is 6. The van der Waals surface area contributed by atoms with Gasteiger partial charge in [-0.3, -0.25) is 9.67 Å². The molecule has 3 rings (SSSR count). The zero-order chi connectivity index (χ0) is 17.5. The fourth-order valence-electron chi connectivity index (χ4n) is 2.51. The van der Waals surface area contributed by atoms with E-state index in [1.165, 1.54) is 11.1 Å². The average Bonchev–Trinajstić information content (AvgIpc) is 3.28. The van der Waals surface area contributed by atoms with Gasteiger partial charge in [0.25, 0.3) is 0 Å². The van der Waals surface area contributed by atoms with E-state index in [2.05, 4.69) is 54.5 Å². The molecule has 8 heteroatoms. The van der Waals surface area contributed by atoms with E-state index in [0.29, 0.717) is 6.54 Å². The minimum absolute atomic E-state index is 0. The fourth-order valence-corrected chi connectivity index (χ4v) is 2.51. The molecule has 0 bridgehead atoms. The largest absolute Gasteiger partial charge is 0.352 e. The predicted octanol–water partition coefficient (Wildman–Crippen LogP) is 2.15. The SMILES string of the molecule is CN=C(NCc1ccc(Cn2ccnc2)cc1)NCc1ccnn1C.I. The lowest BCUT2D eigenvalue weighted by atomic mass is 10.1. The Hall–Kier alpha value is -2.36.